The maximum absolute atomic E-state index is 14.2. The van der Waals surface area contributed by atoms with Crippen molar-refractivity contribution in [3.63, 3.8) is 0 Å². The molecule has 0 spiro atoms. The van der Waals surface area contributed by atoms with Crippen LogP contribution in [0.1, 0.15) is 97.1 Å². The Bertz CT molecular complexity index is 1380. The van der Waals surface area contributed by atoms with Gasteiger partial charge in [0.1, 0.15) is 18.1 Å². The summed E-state index contributed by atoms with van der Waals surface area (Å²) in [6.07, 6.45) is 5.28. The zero-order valence-corrected chi connectivity index (χ0v) is 30.9. The number of carbonyl (C=O) groups is 7. The molecule has 51 heavy (non-hydrogen) atoms. The second kappa shape index (κ2) is 19.8. The van der Waals surface area contributed by atoms with Gasteiger partial charge in [-0.05, 0) is 56.4 Å². The third-order valence-corrected chi connectivity index (χ3v) is 9.40. The predicted octanol–water partition coefficient (Wildman–Crippen LogP) is 2.61. The number of Topliss-reactive ketones (excluding diaryl/α,β-unsaturated/α-hetero) is 1. The fourth-order valence-corrected chi connectivity index (χ4v) is 6.67. The number of amides is 6. The van der Waals surface area contributed by atoms with E-state index in [0.29, 0.717) is 24.8 Å². The van der Waals surface area contributed by atoms with Gasteiger partial charge in [0.05, 0.1) is 19.2 Å². The van der Waals surface area contributed by atoms with Crippen molar-refractivity contribution in [3.05, 3.63) is 35.9 Å². The van der Waals surface area contributed by atoms with Crippen molar-refractivity contribution in [2.24, 2.45) is 11.8 Å². The molecule has 6 amide bonds. The van der Waals surface area contributed by atoms with Gasteiger partial charge in [0, 0.05) is 20.1 Å². The Hall–Kier alpha value is -4.49. The van der Waals surface area contributed by atoms with E-state index in [1.54, 1.807) is 51.4 Å². The molecule has 1 aromatic rings. The first-order chi connectivity index (χ1) is 24.2. The van der Waals surface area contributed by atoms with Crippen molar-refractivity contribution in [2.45, 2.75) is 116 Å². The largest absolute Gasteiger partial charge is 0.449 e. The summed E-state index contributed by atoms with van der Waals surface area (Å²) >= 11 is 0. The highest BCUT2D eigenvalue weighted by molar-refractivity contribution is 6.38. The first kappa shape index (κ1) is 40.9. The predicted molar refractivity (Wildman–Crippen MR) is 190 cm³/mol. The van der Waals surface area contributed by atoms with E-state index >= 15 is 0 Å². The minimum Gasteiger partial charge on any atom is -0.449 e. The van der Waals surface area contributed by atoms with Crippen LogP contribution in [0.25, 0.3) is 0 Å². The SMILES string of the molecule is CCCC(NC(=O)C1CCC(C)N1C(=O)C(NC(=O)OCC(C)C)C1CCCCC1)C(=O)C(=O)NCC(=O)NC(C(=O)N(C)C)c1ccccc1. The van der Waals surface area contributed by atoms with Gasteiger partial charge in [0.25, 0.3) is 5.91 Å². The molecule has 1 saturated heterocycles. The van der Waals surface area contributed by atoms with E-state index in [0.717, 1.165) is 32.1 Å². The molecular formula is C37H56N6O8. The van der Waals surface area contributed by atoms with E-state index in [-0.39, 0.29) is 42.7 Å². The molecule has 0 bridgehead atoms. The number of alkyl carbamates (subject to hydrolysis) is 1. The molecule has 1 saturated carbocycles. The van der Waals surface area contributed by atoms with E-state index in [1.165, 1.54) is 9.80 Å². The summed E-state index contributed by atoms with van der Waals surface area (Å²) in [6, 6.07) is 4.39. The summed E-state index contributed by atoms with van der Waals surface area (Å²) in [5, 5.41) is 10.4. The first-order valence-corrected chi connectivity index (χ1v) is 18.2. The number of benzene rings is 1. The van der Waals surface area contributed by atoms with E-state index in [4.69, 9.17) is 4.74 Å². The van der Waals surface area contributed by atoms with Crippen LogP contribution in [-0.4, -0.2) is 103 Å². The summed E-state index contributed by atoms with van der Waals surface area (Å²) in [5.41, 5.74) is 0.554. The molecule has 0 radical (unpaired) electrons. The number of nitrogens with zero attached hydrogens (tertiary/aromatic N) is 2. The number of ether oxygens (including phenoxy) is 1. The summed E-state index contributed by atoms with van der Waals surface area (Å²) < 4.78 is 5.34. The molecule has 5 atom stereocenters. The lowest BCUT2D eigenvalue weighted by molar-refractivity contribution is -0.144. The number of nitrogens with one attached hydrogen (secondary N) is 4. The van der Waals surface area contributed by atoms with Gasteiger partial charge < -0.3 is 35.8 Å². The zero-order valence-electron chi connectivity index (χ0n) is 30.9. The number of likely N-dealkylation sites (tertiary alicyclic amines) is 1. The van der Waals surface area contributed by atoms with Gasteiger partial charge >= 0.3 is 6.09 Å². The van der Waals surface area contributed by atoms with Gasteiger partial charge in [-0.15, -0.1) is 0 Å². The molecule has 282 valence electrons. The first-order valence-electron chi connectivity index (χ1n) is 18.2. The molecule has 4 N–H and O–H groups in total. The topological polar surface area (TPSA) is 183 Å². The molecule has 2 fully saturated rings. The van der Waals surface area contributed by atoms with Gasteiger partial charge in [-0.1, -0.05) is 76.8 Å². The van der Waals surface area contributed by atoms with E-state index in [2.05, 4.69) is 21.3 Å². The molecule has 5 unspecified atom stereocenters. The van der Waals surface area contributed by atoms with Crippen LogP contribution in [-0.2, 0) is 33.5 Å². The van der Waals surface area contributed by atoms with Crippen LogP contribution in [0, 0.1) is 11.8 Å². The van der Waals surface area contributed by atoms with Crippen molar-refractivity contribution in [1.82, 2.24) is 31.1 Å². The van der Waals surface area contributed by atoms with E-state index < -0.39 is 60.3 Å². The minimum atomic E-state index is -1.19. The Kier molecular flexibility index (Phi) is 15.9. The Morgan fingerprint density at radius 3 is 2.18 bits per heavy atom. The van der Waals surface area contributed by atoms with Crippen molar-refractivity contribution in [3.8, 4) is 0 Å². The second-order valence-electron chi connectivity index (χ2n) is 14.2. The van der Waals surface area contributed by atoms with Crippen LogP contribution in [0.2, 0.25) is 0 Å². The number of carbonyl (C=O) groups excluding carboxylic acids is 7. The highest BCUT2D eigenvalue weighted by Gasteiger charge is 2.44. The maximum atomic E-state index is 14.2. The van der Waals surface area contributed by atoms with Gasteiger partial charge in [0.2, 0.25) is 29.4 Å². The summed E-state index contributed by atoms with van der Waals surface area (Å²) in [7, 11) is 3.12. The molecule has 14 heteroatoms. The zero-order chi connectivity index (χ0) is 37.7. The number of ketones is 1. The Labute approximate surface area is 301 Å². The average molecular weight is 713 g/mol. The Morgan fingerprint density at radius 2 is 1.57 bits per heavy atom. The van der Waals surface area contributed by atoms with Crippen molar-refractivity contribution in [1.29, 1.82) is 0 Å². The Balaban J connectivity index is 1.68. The van der Waals surface area contributed by atoms with E-state index in [1.807, 2.05) is 20.8 Å². The van der Waals surface area contributed by atoms with Crippen molar-refractivity contribution < 1.29 is 38.3 Å². The molecule has 1 aliphatic carbocycles. The molecule has 1 heterocycles. The maximum Gasteiger partial charge on any atom is 0.407 e. The molecule has 3 rings (SSSR count). The van der Waals surface area contributed by atoms with Gasteiger partial charge in [-0.25, -0.2) is 4.79 Å². The van der Waals surface area contributed by atoms with Crippen LogP contribution >= 0.6 is 0 Å². The third-order valence-electron chi connectivity index (χ3n) is 9.40. The van der Waals surface area contributed by atoms with Crippen molar-refractivity contribution >= 4 is 41.4 Å². The molecule has 14 nitrogen and oxygen atoms in total. The summed E-state index contributed by atoms with van der Waals surface area (Å²) in [4.78, 5) is 95.4. The highest BCUT2D eigenvalue weighted by Crippen LogP contribution is 2.31. The lowest BCUT2D eigenvalue weighted by Crippen LogP contribution is -2.59. The Morgan fingerprint density at radius 1 is 0.902 bits per heavy atom. The number of rotatable bonds is 16. The van der Waals surface area contributed by atoms with Crippen LogP contribution in [0.15, 0.2) is 30.3 Å². The minimum absolute atomic E-state index is 0.103. The monoisotopic (exact) mass is 712 g/mol. The standard InChI is InChI=1S/C37H56N6O8/c1-7-14-27(32(45)34(47)38-21-29(44)40-30(35(48)42(5)6)25-15-10-8-11-16-25)39-33(46)28-20-19-24(4)43(28)36(49)31(26-17-12-9-13-18-26)41-37(50)51-22-23(2)3/h8,10-11,15-16,23-24,26-28,30-31H,7,9,12-14,17-22H2,1-6H3,(H,38,47)(H,39,46)(H,40,44)(H,41,50). The third kappa shape index (κ3) is 11.8. The molecule has 1 aliphatic heterocycles. The van der Waals surface area contributed by atoms with Crippen LogP contribution in [0.4, 0.5) is 4.79 Å². The van der Waals surface area contributed by atoms with Gasteiger partial charge in [-0.3, -0.25) is 28.8 Å². The van der Waals surface area contributed by atoms with Crippen molar-refractivity contribution in [2.75, 3.05) is 27.2 Å². The summed E-state index contributed by atoms with van der Waals surface area (Å²) in [6.45, 7) is 7.12. The van der Waals surface area contributed by atoms with Crippen LogP contribution < -0.4 is 21.3 Å². The van der Waals surface area contributed by atoms with Gasteiger partial charge in [0.15, 0.2) is 0 Å². The second-order valence-corrected chi connectivity index (χ2v) is 14.2. The van der Waals surface area contributed by atoms with Gasteiger partial charge in [-0.2, -0.15) is 0 Å². The quantitative estimate of drug-likeness (QED) is 0.189. The average Bonchev–Trinajstić information content (AvgIpc) is 3.51. The molecule has 2 aliphatic rings. The molecular weight excluding hydrogens is 656 g/mol. The fourth-order valence-electron chi connectivity index (χ4n) is 6.67. The number of hydrogen-bond acceptors (Lipinski definition) is 8. The fraction of sp³-hybridized carbons (Fsp3) is 0.649. The lowest BCUT2D eigenvalue weighted by Gasteiger charge is -2.36. The number of hydrogen-bond donors (Lipinski definition) is 4. The smallest absolute Gasteiger partial charge is 0.407 e. The van der Waals surface area contributed by atoms with Crippen LogP contribution in [0.5, 0.6) is 0 Å². The highest BCUT2D eigenvalue weighted by atomic mass is 16.5. The number of likely N-dealkylation sites (N-methyl/N-ethyl adjacent to an activating group) is 1. The van der Waals surface area contributed by atoms with E-state index in [9.17, 15) is 33.6 Å². The normalized spacial score (nSPS) is 19.3. The molecule has 1 aromatic carbocycles. The summed E-state index contributed by atoms with van der Waals surface area (Å²) in [5.74, 6) is -3.96. The van der Waals surface area contributed by atoms with Crippen LogP contribution in [0.3, 0.4) is 0 Å². The lowest BCUT2D eigenvalue weighted by atomic mass is 9.83. The molecule has 0 aromatic heterocycles.